The second-order valence-electron chi connectivity index (χ2n) is 28.3. The quantitative estimate of drug-likeness (QED) is 0.0237. The number of fused-ring (bicyclic) bond motifs is 2. The molecule has 0 bridgehead atoms. The fourth-order valence-electron chi connectivity index (χ4n) is 13.1. The Labute approximate surface area is 742 Å². The molecule has 122 heavy (non-hydrogen) atoms. The van der Waals surface area contributed by atoms with E-state index in [1.165, 1.54) is 78.6 Å². The highest BCUT2D eigenvalue weighted by Gasteiger charge is 2.51. The van der Waals surface area contributed by atoms with E-state index in [9.17, 15) is 24.0 Å². The van der Waals surface area contributed by atoms with E-state index in [0.717, 1.165) is 58.7 Å². The first-order chi connectivity index (χ1) is 58.6. The minimum atomic E-state index is -1.04. The van der Waals surface area contributed by atoms with E-state index in [1.54, 1.807) is 104 Å². The van der Waals surface area contributed by atoms with Crippen molar-refractivity contribution in [2.45, 2.75) is 79.0 Å². The monoisotopic (exact) mass is 1790 g/mol. The Morgan fingerprint density at radius 1 is 0.516 bits per heavy atom. The smallest absolute Gasteiger partial charge is 0.357 e. The van der Waals surface area contributed by atoms with Gasteiger partial charge in [-0.25, -0.2) is 27.4 Å². The average Bonchev–Trinajstić information content (AvgIpc) is 0.787. The van der Waals surface area contributed by atoms with Crippen molar-refractivity contribution in [2.24, 2.45) is 0 Å². The summed E-state index contributed by atoms with van der Waals surface area (Å²) < 4.78 is 70.8. The average molecular weight is 1800 g/mol. The van der Waals surface area contributed by atoms with Crippen molar-refractivity contribution in [3.63, 3.8) is 0 Å². The van der Waals surface area contributed by atoms with Gasteiger partial charge in [-0.2, -0.15) is 4.42 Å². The van der Waals surface area contributed by atoms with Crippen molar-refractivity contribution in [3.05, 3.63) is 319 Å². The van der Waals surface area contributed by atoms with E-state index in [0.29, 0.717) is 122 Å². The predicted octanol–water partition coefficient (Wildman–Crippen LogP) is 25.1. The molecule has 0 spiro atoms. The molecule has 3 heterocycles. The van der Waals surface area contributed by atoms with Crippen molar-refractivity contribution in [3.8, 4) is 56.3 Å². The third-order valence-electron chi connectivity index (χ3n) is 19.6. The van der Waals surface area contributed by atoms with Crippen LogP contribution in [0.4, 0.5) is 52.1 Å². The molecule has 0 unspecified atom stereocenters. The molecule has 28 heteroatoms. The summed E-state index contributed by atoms with van der Waals surface area (Å²) in [6.45, 7) is 10.8. The second-order valence-corrected chi connectivity index (χ2v) is 33.3. The van der Waals surface area contributed by atoms with E-state index in [4.69, 9.17) is 77.3 Å². The van der Waals surface area contributed by atoms with E-state index < -0.39 is 34.9 Å². The number of benzene rings is 12. The van der Waals surface area contributed by atoms with Gasteiger partial charge >= 0.3 is 12.0 Å². The number of urea groups is 1. The van der Waals surface area contributed by atoms with Crippen molar-refractivity contribution < 1.29 is 51.3 Å². The third-order valence-corrected chi connectivity index (χ3v) is 24.9. The number of hydrogen-bond donors (Lipinski definition) is 3. The van der Waals surface area contributed by atoms with Crippen LogP contribution in [-0.2, 0) is 36.4 Å². The number of carbonyl (C=O) groups is 4. The number of anilines is 6. The number of methoxy groups -OCH3 is 3. The summed E-state index contributed by atoms with van der Waals surface area (Å²) in [5.74, 6) is 1.30. The number of imide groups is 1. The molecule has 15 rings (SSSR count). The number of amides is 4. The minimum absolute atomic E-state index is 0.00429. The van der Waals surface area contributed by atoms with E-state index in [1.807, 2.05) is 148 Å². The number of carbonyl (C=O) groups excluding carboxylic acids is 4. The first kappa shape index (κ1) is 90.0. The van der Waals surface area contributed by atoms with Gasteiger partial charge in [-0.15, -0.1) is 35.3 Å². The zero-order valence-electron chi connectivity index (χ0n) is 67.5. The number of esters is 1. The lowest BCUT2D eigenvalue weighted by atomic mass is 10.0. The van der Waals surface area contributed by atoms with Crippen molar-refractivity contribution in [2.75, 3.05) is 61.9 Å². The Bertz CT molecular complexity index is 6110. The molecule has 13 aromatic rings. The maximum Gasteiger partial charge on any atom is 0.357 e. The summed E-state index contributed by atoms with van der Waals surface area (Å²) in [5, 5.41) is 11.5. The van der Waals surface area contributed by atoms with Gasteiger partial charge in [0.2, 0.25) is 0 Å². The molecule has 12 aromatic carbocycles. The third kappa shape index (κ3) is 21.6. The van der Waals surface area contributed by atoms with Crippen LogP contribution in [0.15, 0.2) is 262 Å². The number of thioether (sulfide) groups is 3. The molecule has 1 fully saturated rings. The van der Waals surface area contributed by atoms with Gasteiger partial charge in [0.15, 0.2) is 0 Å². The summed E-state index contributed by atoms with van der Waals surface area (Å²) in [7, 11) is 4.56. The second kappa shape index (κ2) is 41.1. The highest BCUT2D eigenvalue weighted by molar-refractivity contribution is 7.99. The number of rotatable bonds is 23. The summed E-state index contributed by atoms with van der Waals surface area (Å²) in [6, 6.07) is 72.4. The van der Waals surface area contributed by atoms with Crippen molar-refractivity contribution in [1.29, 1.82) is 0 Å². The fourth-order valence-corrected chi connectivity index (χ4v) is 16.5. The molecule has 2 aliphatic rings. The van der Waals surface area contributed by atoms with Crippen LogP contribution in [0.1, 0.15) is 54.2 Å². The largest absolute Gasteiger partial charge is 0.495 e. The molecule has 1 saturated heterocycles. The molecular formula is C94H82Cl5F3N8O9S3. The number of ether oxygens (including phenoxy) is 4. The van der Waals surface area contributed by atoms with E-state index >= 15 is 13.2 Å². The van der Waals surface area contributed by atoms with Crippen LogP contribution in [-0.4, -0.2) is 88.8 Å². The maximum absolute atomic E-state index is 15.4. The summed E-state index contributed by atoms with van der Waals surface area (Å²) >= 11 is 34.3. The van der Waals surface area contributed by atoms with Crippen LogP contribution in [0.2, 0.25) is 15.1 Å². The summed E-state index contributed by atoms with van der Waals surface area (Å²) in [5.41, 5.74) is 13.2. The number of nitrogens with one attached hydrogen (secondary N) is 3. The maximum atomic E-state index is 15.4. The Balaban J connectivity index is 0.000000157. The normalized spacial score (nSPS) is 12.6. The predicted molar refractivity (Wildman–Crippen MR) is 490 cm³/mol. The van der Waals surface area contributed by atoms with Gasteiger partial charge in [0.1, 0.15) is 46.8 Å². The van der Waals surface area contributed by atoms with Gasteiger partial charge in [0, 0.05) is 105 Å². The fraction of sp³-hybridized carbons (Fsp3) is 0.170. The topological polar surface area (TPSA) is 186 Å². The molecule has 17 nitrogen and oxygen atoms in total. The number of aryl methyl sites for hydroxylation is 3. The zero-order valence-corrected chi connectivity index (χ0v) is 73.7. The molecular weight excluding hydrogens is 1720 g/mol. The molecule has 0 aliphatic carbocycles. The van der Waals surface area contributed by atoms with Crippen molar-refractivity contribution >= 4 is 163 Å². The van der Waals surface area contributed by atoms with Crippen LogP contribution < -0.4 is 40.6 Å². The SMILES string of the molecule is CC1(C)C(=O)N(Cl)C(=O)N1Cl.CCOC(=O)CNc1cc(SCc2ccccc2)ccc1Nc1cc(F)c(-c2ccc(Cl)c(C)c2)cc1OC.COc1cc(-c2ccc(Cl)c(C)c2)c(F)cc1-n1c(=O)cnc2cc(SCc3ccccc3)ccc21.COc1cc(-c2ccc(Cl)c(C)c2)c(F)cc1N1C(=O)CNc2cc(SCc3ccccc3)ccc21. The molecule has 1 aromatic heterocycles. The van der Waals surface area contributed by atoms with Gasteiger partial charge in [-0.05, 0) is 201 Å². The van der Waals surface area contributed by atoms with E-state index in [-0.39, 0.29) is 30.5 Å². The molecule has 626 valence electrons. The standard InChI is InChI=1S/C31H30ClFN2O3S.C29H24ClFN2O2S.C29H22ClFN2O2S.C5H6Cl2N2O2/c1-4-38-31(36)18-34-28-15-23(39-19-21-8-6-5-7-9-21)11-13-27(28)35-29-17-26(33)24(16-30(29)37-3)22-10-12-25(32)20(2)14-22;2*1-18-12-20(8-10-23(18)30)22-14-28(35-2)27(15-24(22)31)33-26-11-9-21(13-25(26)32-16-29(33)34)36-17-19-6-4-3-5-7-19;1-5(2)3(10)8(6)4(11)9(5)7/h5-17,34-35H,4,18-19H2,1-3H3;3-15,32H,16-17H2,1-2H3;3-16H,17H2,1-2H3;1-2H3. The van der Waals surface area contributed by atoms with Crippen LogP contribution in [0, 0.1) is 38.2 Å². The summed E-state index contributed by atoms with van der Waals surface area (Å²) in [6.07, 6.45) is 1.25. The van der Waals surface area contributed by atoms with Gasteiger partial charge in [0.05, 0.1) is 91.5 Å². The zero-order chi connectivity index (χ0) is 87.1. The molecule has 3 N–H and O–H groups in total. The molecule has 0 radical (unpaired) electrons. The van der Waals surface area contributed by atoms with Gasteiger partial charge in [-0.1, -0.05) is 144 Å². The lowest BCUT2D eigenvalue weighted by Gasteiger charge is -2.31. The Morgan fingerprint density at radius 3 is 1.44 bits per heavy atom. The number of nitrogens with zero attached hydrogens (tertiary/aromatic N) is 5. The van der Waals surface area contributed by atoms with Gasteiger partial charge < -0.3 is 34.9 Å². The number of hydrogen-bond acceptors (Lipinski definition) is 16. The molecule has 2 aliphatic heterocycles. The number of halogens is 8. The molecule has 0 atom stereocenters. The highest BCUT2D eigenvalue weighted by atomic mass is 35.5. The van der Waals surface area contributed by atoms with Crippen LogP contribution >= 0.6 is 93.6 Å². The Morgan fingerprint density at radius 2 is 0.975 bits per heavy atom. The first-order valence-electron chi connectivity index (χ1n) is 38.1. The summed E-state index contributed by atoms with van der Waals surface area (Å²) in [4.78, 5) is 69.0. The molecule has 4 amide bonds. The molecule has 0 saturated carbocycles. The Kier molecular flexibility index (Phi) is 30.3. The van der Waals surface area contributed by atoms with Gasteiger partial charge in [-0.3, -0.25) is 28.6 Å². The van der Waals surface area contributed by atoms with Crippen LogP contribution in [0.5, 0.6) is 17.2 Å². The minimum Gasteiger partial charge on any atom is -0.495 e. The van der Waals surface area contributed by atoms with E-state index in [2.05, 4.69) is 57.3 Å². The first-order valence-corrected chi connectivity index (χ1v) is 42.9. The van der Waals surface area contributed by atoms with Crippen LogP contribution in [0.25, 0.3) is 50.1 Å². The lowest BCUT2D eigenvalue weighted by Crippen LogP contribution is -2.38. The van der Waals surface area contributed by atoms with Crippen LogP contribution in [0.3, 0.4) is 0 Å². The van der Waals surface area contributed by atoms with Gasteiger partial charge in [0.25, 0.3) is 17.4 Å². The highest BCUT2D eigenvalue weighted by Crippen LogP contribution is 2.46. The Hall–Kier alpha value is -11.3. The van der Waals surface area contributed by atoms with Crippen molar-refractivity contribution in [1.82, 2.24) is 18.4 Å². The lowest BCUT2D eigenvalue weighted by molar-refractivity contribution is -0.141. The number of aromatic nitrogens is 2.